The molecule has 2 N–H and O–H groups in total. The zero-order valence-electron chi connectivity index (χ0n) is 11.3. The molecular formula is C13H14ClN7. The molecule has 0 unspecified atom stereocenters. The Bertz CT molecular complexity index is 680. The lowest BCUT2D eigenvalue weighted by Crippen LogP contribution is -2.30. The predicted octanol–water partition coefficient (Wildman–Crippen LogP) is 1.76. The van der Waals surface area contributed by atoms with Gasteiger partial charge in [0.2, 0.25) is 0 Å². The average molecular weight is 304 g/mol. The smallest absolute Gasteiger partial charge is 0.178 e. The third-order valence-corrected chi connectivity index (χ3v) is 3.71. The number of halogens is 1. The Morgan fingerprint density at radius 1 is 1.19 bits per heavy atom. The SMILES string of the molecule is N#Cc1c(N2CCCCC2)nn(-c2ccc(Cl)nn2)c1N. The summed E-state index contributed by atoms with van der Waals surface area (Å²) in [6.07, 6.45) is 3.40. The van der Waals surface area contributed by atoms with Gasteiger partial charge in [-0.05, 0) is 31.4 Å². The topological polar surface area (TPSA) is 96.6 Å². The van der Waals surface area contributed by atoms with Gasteiger partial charge in [-0.2, -0.15) is 9.94 Å². The number of nitrogen functional groups attached to an aromatic ring is 1. The van der Waals surface area contributed by atoms with Crippen molar-refractivity contribution in [2.45, 2.75) is 19.3 Å². The van der Waals surface area contributed by atoms with Gasteiger partial charge in [-0.15, -0.1) is 15.3 Å². The second kappa shape index (κ2) is 5.58. The minimum absolute atomic E-state index is 0.273. The molecule has 1 aliphatic rings. The molecule has 0 saturated carbocycles. The number of aromatic nitrogens is 4. The Morgan fingerprint density at radius 2 is 1.95 bits per heavy atom. The summed E-state index contributed by atoms with van der Waals surface area (Å²) in [6.45, 7) is 1.77. The molecule has 2 aromatic heterocycles. The van der Waals surface area contributed by atoms with Crippen molar-refractivity contribution in [3.05, 3.63) is 22.8 Å². The molecule has 21 heavy (non-hydrogen) atoms. The van der Waals surface area contributed by atoms with Crippen molar-refractivity contribution in [3.63, 3.8) is 0 Å². The van der Waals surface area contributed by atoms with Crippen LogP contribution in [0.1, 0.15) is 24.8 Å². The van der Waals surface area contributed by atoms with E-state index in [1.54, 1.807) is 12.1 Å². The van der Waals surface area contributed by atoms with Gasteiger partial charge in [0.25, 0.3) is 0 Å². The van der Waals surface area contributed by atoms with Gasteiger partial charge >= 0.3 is 0 Å². The van der Waals surface area contributed by atoms with Crippen LogP contribution in [0.3, 0.4) is 0 Å². The second-order valence-corrected chi connectivity index (χ2v) is 5.26. The predicted molar refractivity (Wildman–Crippen MR) is 79.4 cm³/mol. The first kappa shape index (κ1) is 13.6. The minimum atomic E-state index is 0.273. The molecule has 8 heteroatoms. The number of hydrogen-bond acceptors (Lipinski definition) is 6. The zero-order valence-corrected chi connectivity index (χ0v) is 12.1. The molecule has 0 radical (unpaired) electrons. The molecule has 3 heterocycles. The molecule has 108 valence electrons. The van der Waals surface area contributed by atoms with E-state index in [2.05, 4.69) is 26.3 Å². The van der Waals surface area contributed by atoms with Crippen LogP contribution in [0.4, 0.5) is 11.6 Å². The summed E-state index contributed by atoms with van der Waals surface area (Å²) in [6, 6.07) is 5.41. The molecule has 2 aromatic rings. The Labute approximate surface area is 126 Å². The maximum absolute atomic E-state index is 9.37. The molecule has 0 aromatic carbocycles. The van der Waals surface area contributed by atoms with E-state index in [1.165, 1.54) is 11.1 Å². The fraction of sp³-hybridized carbons (Fsp3) is 0.385. The summed E-state index contributed by atoms with van der Waals surface area (Å²) in [5.74, 6) is 1.33. The molecule has 1 saturated heterocycles. The maximum Gasteiger partial charge on any atom is 0.178 e. The van der Waals surface area contributed by atoms with Crippen molar-refractivity contribution in [2.75, 3.05) is 23.7 Å². The number of nitrogens with zero attached hydrogens (tertiary/aromatic N) is 6. The van der Waals surface area contributed by atoms with Crippen molar-refractivity contribution < 1.29 is 0 Å². The van der Waals surface area contributed by atoms with Crippen LogP contribution in [0.25, 0.3) is 5.82 Å². The number of hydrogen-bond donors (Lipinski definition) is 1. The first-order chi connectivity index (χ1) is 10.2. The summed E-state index contributed by atoms with van der Waals surface area (Å²) >= 11 is 5.73. The maximum atomic E-state index is 9.37. The molecule has 0 atom stereocenters. The van der Waals surface area contributed by atoms with Crippen molar-refractivity contribution in [1.82, 2.24) is 20.0 Å². The van der Waals surface area contributed by atoms with Gasteiger partial charge in [-0.3, -0.25) is 0 Å². The number of nitriles is 1. The van der Waals surface area contributed by atoms with E-state index < -0.39 is 0 Å². The lowest BCUT2D eigenvalue weighted by atomic mass is 10.1. The highest BCUT2D eigenvalue weighted by atomic mass is 35.5. The van der Waals surface area contributed by atoms with Crippen LogP contribution >= 0.6 is 11.6 Å². The van der Waals surface area contributed by atoms with E-state index in [0.717, 1.165) is 25.9 Å². The Hall–Kier alpha value is -2.33. The molecule has 3 rings (SSSR count). The highest BCUT2D eigenvalue weighted by Gasteiger charge is 2.23. The number of nitrogens with two attached hydrogens (primary N) is 1. The van der Waals surface area contributed by atoms with E-state index >= 15 is 0 Å². The van der Waals surface area contributed by atoms with Gasteiger partial charge < -0.3 is 10.6 Å². The average Bonchev–Trinajstić information content (AvgIpc) is 2.86. The summed E-state index contributed by atoms with van der Waals surface area (Å²) in [5.41, 5.74) is 6.42. The molecule has 1 aliphatic heterocycles. The molecule has 0 aliphatic carbocycles. The van der Waals surface area contributed by atoms with Crippen LogP contribution in [0.2, 0.25) is 5.15 Å². The quantitative estimate of drug-likeness (QED) is 0.908. The molecule has 7 nitrogen and oxygen atoms in total. The van der Waals surface area contributed by atoms with Gasteiger partial charge in [0, 0.05) is 13.1 Å². The summed E-state index contributed by atoms with van der Waals surface area (Å²) < 4.78 is 1.44. The van der Waals surface area contributed by atoms with Crippen LogP contribution < -0.4 is 10.6 Å². The van der Waals surface area contributed by atoms with Crippen LogP contribution in [0.5, 0.6) is 0 Å². The number of rotatable bonds is 2. The fourth-order valence-electron chi connectivity index (χ4n) is 2.45. The van der Waals surface area contributed by atoms with Gasteiger partial charge in [0.05, 0.1) is 0 Å². The Kier molecular flexibility index (Phi) is 3.62. The summed E-state index contributed by atoms with van der Waals surface area (Å²) in [5, 5.41) is 21.8. The number of piperidine rings is 1. The van der Waals surface area contributed by atoms with E-state index in [1.807, 2.05) is 0 Å². The summed E-state index contributed by atoms with van der Waals surface area (Å²) in [4.78, 5) is 2.10. The molecule has 0 bridgehead atoms. The van der Waals surface area contributed by atoms with Crippen molar-refractivity contribution in [3.8, 4) is 11.9 Å². The minimum Gasteiger partial charge on any atom is -0.382 e. The summed E-state index contributed by atoms with van der Waals surface area (Å²) in [7, 11) is 0. The zero-order chi connectivity index (χ0) is 14.8. The monoisotopic (exact) mass is 303 g/mol. The molecular weight excluding hydrogens is 290 g/mol. The van der Waals surface area contributed by atoms with E-state index in [4.69, 9.17) is 17.3 Å². The van der Waals surface area contributed by atoms with Crippen LogP contribution in [-0.4, -0.2) is 33.1 Å². The Balaban J connectivity index is 2.04. The highest BCUT2D eigenvalue weighted by molar-refractivity contribution is 6.29. The van der Waals surface area contributed by atoms with E-state index in [9.17, 15) is 5.26 Å². The largest absolute Gasteiger partial charge is 0.382 e. The van der Waals surface area contributed by atoms with Gasteiger partial charge in [0.1, 0.15) is 17.5 Å². The third kappa shape index (κ3) is 2.50. The molecule has 1 fully saturated rings. The molecule has 0 amide bonds. The van der Waals surface area contributed by atoms with E-state index in [0.29, 0.717) is 22.4 Å². The van der Waals surface area contributed by atoms with Crippen LogP contribution in [0, 0.1) is 11.3 Å². The van der Waals surface area contributed by atoms with Gasteiger partial charge in [-0.1, -0.05) is 11.6 Å². The normalized spacial score (nSPS) is 15.0. The lowest BCUT2D eigenvalue weighted by Gasteiger charge is -2.26. The Morgan fingerprint density at radius 3 is 2.57 bits per heavy atom. The first-order valence-electron chi connectivity index (χ1n) is 6.74. The van der Waals surface area contributed by atoms with E-state index in [-0.39, 0.29) is 5.82 Å². The van der Waals surface area contributed by atoms with Gasteiger partial charge in [0.15, 0.2) is 16.8 Å². The second-order valence-electron chi connectivity index (χ2n) is 4.87. The van der Waals surface area contributed by atoms with Crippen LogP contribution in [0.15, 0.2) is 12.1 Å². The molecule has 0 spiro atoms. The standard InChI is InChI=1S/C13H14ClN7/c14-10-4-5-11(18-17-10)21-12(16)9(8-15)13(19-21)20-6-2-1-3-7-20/h4-5H,1-3,6-7,16H2. The highest BCUT2D eigenvalue weighted by Crippen LogP contribution is 2.28. The van der Waals surface area contributed by atoms with Crippen LogP contribution in [-0.2, 0) is 0 Å². The van der Waals surface area contributed by atoms with Crippen molar-refractivity contribution in [1.29, 1.82) is 5.26 Å². The lowest BCUT2D eigenvalue weighted by molar-refractivity contribution is 0.571. The van der Waals surface area contributed by atoms with Gasteiger partial charge in [-0.25, -0.2) is 0 Å². The number of anilines is 2. The first-order valence-corrected chi connectivity index (χ1v) is 7.11. The van der Waals surface area contributed by atoms with Crippen molar-refractivity contribution in [2.24, 2.45) is 0 Å². The fourth-order valence-corrected chi connectivity index (χ4v) is 2.55. The third-order valence-electron chi connectivity index (χ3n) is 3.50. The van der Waals surface area contributed by atoms with Crippen molar-refractivity contribution >= 4 is 23.2 Å².